The highest BCUT2D eigenvalue weighted by atomic mass is 35.5. The molecule has 1 N–H and O–H groups in total. The zero-order chi connectivity index (χ0) is 24.5. The quantitative estimate of drug-likeness (QED) is 0.268. The van der Waals surface area contributed by atoms with Crippen molar-refractivity contribution >= 4 is 57.6 Å². The molecule has 0 atom stereocenters. The van der Waals surface area contributed by atoms with E-state index in [0.717, 1.165) is 5.56 Å². The van der Waals surface area contributed by atoms with Crippen molar-refractivity contribution in [3.63, 3.8) is 0 Å². The van der Waals surface area contributed by atoms with Crippen LogP contribution in [0.15, 0.2) is 47.9 Å². The number of carbonyl (C=O) groups is 2. The number of benzene rings is 2. The van der Waals surface area contributed by atoms with Gasteiger partial charge < -0.3 is 14.2 Å². The Bertz CT molecular complexity index is 1180. The number of amides is 1. The van der Waals surface area contributed by atoms with E-state index in [2.05, 4.69) is 10.3 Å². The fraction of sp³-hybridized carbons (Fsp3) is 0.208. The summed E-state index contributed by atoms with van der Waals surface area (Å²) in [6.45, 7) is 2.23. The van der Waals surface area contributed by atoms with Crippen LogP contribution >= 0.6 is 34.5 Å². The van der Waals surface area contributed by atoms with Crippen LogP contribution < -0.4 is 14.8 Å². The van der Waals surface area contributed by atoms with Crippen molar-refractivity contribution in [2.45, 2.75) is 20.0 Å². The molecule has 0 saturated carbocycles. The Labute approximate surface area is 211 Å². The third-order valence-electron chi connectivity index (χ3n) is 4.46. The number of halogens is 2. The van der Waals surface area contributed by atoms with E-state index < -0.39 is 0 Å². The average molecular weight is 521 g/mol. The number of aromatic nitrogens is 1. The molecule has 1 heterocycles. The Morgan fingerprint density at radius 3 is 2.62 bits per heavy atom. The summed E-state index contributed by atoms with van der Waals surface area (Å²) in [5.74, 6) is 0.290. The second kappa shape index (κ2) is 12.4. The molecular weight excluding hydrogens is 499 g/mol. The SMILES string of the molecule is CCOC(=O)Cc1csc(NC(=O)C=Cc2ccc(OCc3c(Cl)cccc3Cl)c(OC)c2)n1. The van der Waals surface area contributed by atoms with Gasteiger partial charge in [0.05, 0.1) is 25.8 Å². The van der Waals surface area contributed by atoms with E-state index in [0.29, 0.717) is 44.5 Å². The summed E-state index contributed by atoms with van der Waals surface area (Å²) in [7, 11) is 1.53. The van der Waals surface area contributed by atoms with Gasteiger partial charge in [0.25, 0.3) is 0 Å². The van der Waals surface area contributed by atoms with Crippen molar-refractivity contribution in [1.82, 2.24) is 4.98 Å². The van der Waals surface area contributed by atoms with Crippen LogP contribution in [0.1, 0.15) is 23.7 Å². The number of ether oxygens (including phenoxy) is 3. The highest BCUT2D eigenvalue weighted by molar-refractivity contribution is 7.14. The number of esters is 1. The first-order valence-electron chi connectivity index (χ1n) is 10.2. The number of hydrogen-bond donors (Lipinski definition) is 1. The third-order valence-corrected chi connectivity index (χ3v) is 5.98. The lowest BCUT2D eigenvalue weighted by molar-refractivity contribution is -0.142. The van der Waals surface area contributed by atoms with Crippen molar-refractivity contribution in [2.24, 2.45) is 0 Å². The molecule has 0 aliphatic rings. The minimum Gasteiger partial charge on any atom is -0.493 e. The van der Waals surface area contributed by atoms with Gasteiger partial charge in [-0.05, 0) is 42.8 Å². The second-order valence-corrected chi connectivity index (χ2v) is 8.52. The monoisotopic (exact) mass is 520 g/mol. The number of hydrogen-bond acceptors (Lipinski definition) is 7. The molecule has 0 unspecified atom stereocenters. The van der Waals surface area contributed by atoms with Crippen LogP contribution in [0, 0.1) is 0 Å². The Hall–Kier alpha value is -3.07. The van der Waals surface area contributed by atoms with Crippen LogP contribution in [0.25, 0.3) is 6.08 Å². The summed E-state index contributed by atoms with van der Waals surface area (Å²) in [4.78, 5) is 28.0. The molecule has 178 valence electrons. The van der Waals surface area contributed by atoms with E-state index >= 15 is 0 Å². The molecule has 3 rings (SSSR count). The van der Waals surface area contributed by atoms with Crippen LogP contribution in [-0.2, 0) is 27.4 Å². The number of nitrogens with one attached hydrogen (secondary N) is 1. The van der Waals surface area contributed by atoms with Crippen molar-refractivity contribution < 1.29 is 23.8 Å². The van der Waals surface area contributed by atoms with Gasteiger partial charge in [-0.2, -0.15) is 0 Å². The first kappa shape index (κ1) is 25.6. The Morgan fingerprint density at radius 2 is 1.91 bits per heavy atom. The maximum absolute atomic E-state index is 12.3. The molecule has 34 heavy (non-hydrogen) atoms. The lowest BCUT2D eigenvalue weighted by atomic mass is 10.2. The smallest absolute Gasteiger partial charge is 0.311 e. The van der Waals surface area contributed by atoms with E-state index in [1.807, 2.05) is 0 Å². The number of methoxy groups -OCH3 is 1. The molecule has 0 fully saturated rings. The van der Waals surface area contributed by atoms with Gasteiger partial charge in [-0.15, -0.1) is 11.3 Å². The van der Waals surface area contributed by atoms with Gasteiger partial charge in [0, 0.05) is 27.1 Å². The van der Waals surface area contributed by atoms with Gasteiger partial charge in [-0.1, -0.05) is 35.3 Å². The van der Waals surface area contributed by atoms with Gasteiger partial charge in [0.15, 0.2) is 16.6 Å². The summed E-state index contributed by atoms with van der Waals surface area (Å²) in [5, 5.41) is 5.81. The summed E-state index contributed by atoms with van der Waals surface area (Å²) in [6.07, 6.45) is 3.08. The fourth-order valence-electron chi connectivity index (χ4n) is 2.85. The lowest BCUT2D eigenvalue weighted by Crippen LogP contribution is -2.09. The van der Waals surface area contributed by atoms with E-state index in [4.69, 9.17) is 37.4 Å². The van der Waals surface area contributed by atoms with Gasteiger partial charge in [0.2, 0.25) is 5.91 Å². The van der Waals surface area contributed by atoms with Crippen molar-refractivity contribution in [3.05, 3.63) is 74.7 Å². The van der Waals surface area contributed by atoms with Crippen molar-refractivity contribution in [3.8, 4) is 11.5 Å². The van der Waals surface area contributed by atoms with E-state index in [9.17, 15) is 9.59 Å². The maximum atomic E-state index is 12.3. The molecule has 0 bridgehead atoms. The normalized spacial score (nSPS) is 10.8. The van der Waals surface area contributed by atoms with E-state index in [-0.39, 0.29) is 24.9 Å². The second-order valence-electron chi connectivity index (χ2n) is 6.85. The molecule has 0 aliphatic carbocycles. The molecule has 1 amide bonds. The third kappa shape index (κ3) is 7.21. The zero-order valence-corrected chi connectivity index (χ0v) is 20.8. The molecule has 0 saturated heterocycles. The van der Waals surface area contributed by atoms with Crippen LogP contribution in [-0.4, -0.2) is 30.6 Å². The zero-order valence-electron chi connectivity index (χ0n) is 18.5. The summed E-state index contributed by atoms with van der Waals surface area (Å²) < 4.78 is 16.2. The highest BCUT2D eigenvalue weighted by Gasteiger charge is 2.11. The molecule has 10 heteroatoms. The highest BCUT2D eigenvalue weighted by Crippen LogP contribution is 2.31. The predicted molar refractivity (Wildman–Crippen MR) is 134 cm³/mol. The van der Waals surface area contributed by atoms with E-state index in [1.165, 1.54) is 24.5 Å². The summed E-state index contributed by atoms with van der Waals surface area (Å²) in [6, 6.07) is 10.5. The van der Waals surface area contributed by atoms with Gasteiger partial charge >= 0.3 is 5.97 Å². The predicted octanol–water partition coefficient (Wildman–Crippen LogP) is 5.80. The van der Waals surface area contributed by atoms with Crippen LogP contribution in [0.3, 0.4) is 0 Å². The van der Waals surface area contributed by atoms with Crippen LogP contribution in [0.4, 0.5) is 5.13 Å². The van der Waals surface area contributed by atoms with E-state index in [1.54, 1.807) is 54.8 Å². The van der Waals surface area contributed by atoms with Crippen LogP contribution in [0.5, 0.6) is 11.5 Å². The van der Waals surface area contributed by atoms with Crippen molar-refractivity contribution in [2.75, 3.05) is 19.0 Å². The minimum absolute atomic E-state index is 0.0624. The molecule has 0 aliphatic heterocycles. The number of nitrogens with zero attached hydrogens (tertiary/aromatic N) is 1. The topological polar surface area (TPSA) is 86.8 Å². The minimum atomic E-state index is -0.359. The molecule has 3 aromatic rings. The first-order chi connectivity index (χ1) is 16.4. The number of thiazole rings is 1. The standard InChI is InChI=1S/C24H22Cl2N2O5S/c1-3-32-23(30)12-16-14-34-24(27-16)28-22(29)10-8-15-7-9-20(21(11-15)31-2)33-13-17-18(25)5-4-6-19(17)26/h4-11,14H,3,12-13H2,1-2H3,(H,27,28,29). The Kier molecular flexibility index (Phi) is 9.33. The largest absolute Gasteiger partial charge is 0.493 e. The van der Waals surface area contributed by atoms with Gasteiger partial charge in [0.1, 0.15) is 6.61 Å². The molecular formula is C24H22Cl2N2O5S. The maximum Gasteiger partial charge on any atom is 0.311 e. The molecule has 1 aromatic heterocycles. The lowest BCUT2D eigenvalue weighted by Gasteiger charge is -2.13. The number of rotatable bonds is 10. The molecule has 7 nitrogen and oxygen atoms in total. The van der Waals surface area contributed by atoms with Gasteiger partial charge in [-0.25, -0.2) is 4.98 Å². The summed E-state index contributed by atoms with van der Waals surface area (Å²) in [5.41, 5.74) is 1.96. The fourth-order valence-corrected chi connectivity index (χ4v) is 4.07. The average Bonchev–Trinajstić information content (AvgIpc) is 3.24. The van der Waals surface area contributed by atoms with Crippen molar-refractivity contribution in [1.29, 1.82) is 0 Å². The first-order valence-corrected chi connectivity index (χ1v) is 11.9. The molecule has 0 radical (unpaired) electrons. The molecule has 2 aromatic carbocycles. The van der Waals surface area contributed by atoms with Crippen LogP contribution in [0.2, 0.25) is 10.0 Å². The Morgan fingerprint density at radius 1 is 1.15 bits per heavy atom. The number of anilines is 1. The Balaban J connectivity index is 1.60. The van der Waals surface area contributed by atoms with Gasteiger partial charge in [-0.3, -0.25) is 14.9 Å². The summed E-state index contributed by atoms with van der Waals surface area (Å²) >= 11 is 13.6. The molecule has 0 spiro atoms. The number of carbonyl (C=O) groups excluding carboxylic acids is 2.